The van der Waals surface area contributed by atoms with E-state index in [1.807, 2.05) is 62.5 Å². The smallest absolute Gasteiger partial charge is 0.253 e. The van der Waals surface area contributed by atoms with E-state index in [-0.39, 0.29) is 24.2 Å². The van der Waals surface area contributed by atoms with Gasteiger partial charge in [-0.1, -0.05) is 59.5 Å². The molecule has 1 atom stereocenters. The van der Waals surface area contributed by atoms with Crippen LogP contribution in [0.25, 0.3) is 0 Å². The molecular weight excluding hydrogens is 493 g/mol. The molecule has 0 aliphatic carbocycles. The lowest BCUT2D eigenvalue weighted by Crippen LogP contribution is -2.38. The van der Waals surface area contributed by atoms with Gasteiger partial charge in [-0.15, -0.1) is 12.4 Å². The molecule has 8 heteroatoms. The molecule has 1 fully saturated rings. The monoisotopic (exact) mass is 525 g/mol. The lowest BCUT2D eigenvalue weighted by molar-refractivity contribution is 0.0781. The Balaban J connectivity index is 0.00000408. The molecule has 1 unspecified atom stereocenters. The SMILES string of the molecule is CC/C(=N\O)C1CCN(CCC(CN(C)C(=O)c2ccccc2)c2ccc(Cl)c(Cl)c2)CC1.Cl. The molecule has 1 saturated heterocycles. The molecule has 2 aromatic carbocycles. The standard InChI is InChI=1S/C26H33Cl2N3O2.ClH/c1-3-25(29-33)19-11-14-31(15-12-19)16-13-22(21-9-10-23(27)24(28)17-21)18-30(2)26(32)20-7-5-4-6-8-20;/h4-10,17,19,22,33H,3,11-16,18H2,1-2H3;1H/b29-25+;. The van der Waals surface area contributed by atoms with Crippen LogP contribution in [0.15, 0.2) is 53.7 Å². The molecule has 5 nitrogen and oxygen atoms in total. The van der Waals surface area contributed by atoms with Crippen LogP contribution in [0.4, 0.5) is 0 Å². The zero-order valence-corrected chi connectivity index (χ0v) is 22.1. The Kier molecular flexibility index (Phi) is 11.7. The summed E-state index contributed by atoms with van der Waals surface area (Å²) in [6, 6.07) is 15.1. The molecule has 2 aromatic rings. The van der Waals surface area contributed by atoms with E-state index in [1.54, 1.807) is 4.90 Å². The topological polar surface area (TPSA) is 56.1 Å². The second-order valence-corrected chi connectivity index (χ2v) is 9.59. The molecule has 0 bridgehead atoms. The largest absolute Gasteiger partial charge is 0.411 e. The van der Waals surface area contributed by atoms with Crippen molar-refractivity contribution < 1.29 is 10.0 Å². The Hall–Kier alpha value is -1.79. The van der Waals surface area contributed by atoms with Crippen molar-refractivity contribution >= 4 is 47.2 Å². The number of hydrogen-bond donors (Lipinski definition) is 1. The lowest BCUT2D eigenvalue weighted by atomic mass is 9.89. The van der Waals surface area contributed by atoms with Gasteiger partial charge in [0.05, 0.1) is 15.8 Å². The van der Waals surface area contributed by atoms with Gasteiger partial charge in [-0.05, 0) is 75.1 Å². The number of nitrogens with zero attached hydrogens (tertiary/aromatic N) is 3. The number of rotatable bonds is 9. The summed E-state index contributed by atoms with van der Waals surface area (Å²) in [5.74, 6) is 0.522. The van der Waals surface area contributed by atoms with Gasteiger partial charge in [0.25, 0.3) is 5.91 Å². The minimum absolute atomic E-state index is 0. The third-order valence-corrected chi connectivity index (χ3v) is 7.36. The molecule has 1 N–H and O–H groups in total. The predicted octanol–water partition coefficient (Wildman–Crippen LogP) is 6.61. The predicted molar refractivity (Wildman–Crippen MR) is 143 cm³/mol. The summed E-state index contributed by atoms with van der Waals surface area (Å²) >= 11 is 12.5. The first kappa shape index (κ1) is 28.4. The van der Waals surface area contributed by atoms with E-state index in [9.17, 15) is 10.0 Å². The fourth-order valence-corrected chi connectivity index (χ4v) is 4.92. The van der Waals surface area contributed by atoms with Crippen molar-refractivity contribution in [2.75, 3.05) is 33.2 Å². The number of benzene rings is 2. The van der Waals surface area contributed by atoms with Crippen LogP contribution >= 0.6 is 35.6 Å². The molecule has 0 radical (unpaired) electrons. The van der Waals surface area contributed by atoms with E-state index in [4.69, 9.17) is 23.2 Å². The Bertz CT molecular complexity index is 948. The highest BCUT2D eigenvalue weighted by Crippen LogP contribution is 2.30. The minimum atomic E-state index is 0. The number of likely N-dealkylation sites (N-methyl/N-ethyl adjacent to an activating group) is 1. The molecule has 3 rings (SSSR count). The summed E-state index contributed by atoms with van der Waals surface area (Å²) in [5.41, 5.74) is 2.68. The van der Waals surface area contributed by atoms with E-state index in [0.717, 1.165) is 56.6 Å². The van der Waals surface area contributed by atoms with Crippen LogP contribution in [-0.4, -0.2) is 59.9 Å². The van der Waals surface area contributed by atoms with Gasteiger partial charge in [0.2, 0.25) is 0 Å². The fourth-order valence-electron chi connectivity index (χ4n) is 4.61. The number of hydrogen-bond acceptors (Lipinski definition) is 4. The molecule has 34 heavy (non-hydrogen) atoms. The normalized spacial score (nSPS) is 16.1. The van der Waals surface area contributed by atoms with Gasteiger partial charge in [0, 0.05) is 31.0 Å². The van der Waals surface area contributed by atoms with E-state index in [0.29, 0.717) is 28.1 Å². The van der Waals surface area contributed by atoms with Crippen molar-refractivity contribution in [3.63, 3.8) is 0 Å². The van der Waals surface area contributed by atoms with E-state index < -0.39 is 0 Å². The molecule has 0 spiro atoms. The Labute approximate surface area is 219 Å². The molecule has 1 aliphatic heterocycles. The van der Waals surface area contributed by atoms with Crippen LogP contribution in [0.2, 0.25) is 10.0 Å². The van der Waals surface area contributed by atoms with E-state index in [1.165, 1.54) is 0 Å². The molecular formula is C26H34Cl3N3O2. The van der Waals surface area contributed by atoms with Crippen molar-refractivity contribution in [3.05, 3.63) is 69.7 Å². The maximum atomic E-state index is 12.9. The molecule has 0 aromatic heterocycles. The van der Waals surface area contributed by atoms with Gasteiger partial charge in [-0.3, -0.25) is 4.79 Å². The molecule has 1 heterocycles. The summed E-state index contributed by atoms with van der Waals surface area (Å²) in [6.45, 7) is 5.53. The first-order valence-electron chi connectivity index (χ1n) is 11.6. The maximum Gasteiger partial charge on any atom is 0.253 e. The van der Waals surface area contributed by atoms with Crippen LogP contribution in [0.5, 0.6) is 0 Å². The number of amides is 1. The average Bonchev–Trinajstić information content (AvgIpc) is 2.85. The highest BCUT2D eigenvalue weighted by molar-refractivity contribution is 6.42. The molecule has 0 saturated carbocycles. The van der Waals surface area contributed by atoms with Crippen molar-refractivity contribution in [1.29, 1.82) is 0 Å². The van der Waals surface area contributed by atoms with Gasteiger partial charge >= 0.3 is 0 Å². The molecule has 1 amide bonds. The summed E-state index contributed by atoms with van der Waals surface area (Å²) in [4.78, 5) is 17.2. The second kappa shape index (κ2) is 13.9. The third kappa shape index (κ3) is 7.61. The van der Waals surface area contributed by atoms with Gasteiger partial charge in [-0.25, -0.2) is 0 Å². The second-order valence-electron chi connectivity index (χ2n) is 8.77. The van der Waals surface area contributed by atoms with E-state index >= 15 is 0 Å². The van der Waals surface area contributed by atoms with Crippen molar-refractivity contribution in [3.8, 4) is 0 Å². The number of piperidine rings is 1. The van der Waals surface area contributed by atoms with Gasteiger partial charge in [0.1, 0.15) is 0 Å². The van der Waals surface area contributed by atoms with E-state index in [2.05, 4.69) is 10.1 Å². The summed E-state index contributed by atoms with van der Waals surface area (Å²) in [7, 11) is 1.85. The number of oxime groups is 1. The zero-order chi connectivity index (χ0) is 23.8. The molecule has 186 valence electrons. The Morgan fingerprint density at radius 3 is 2.41 bits per heavy atom. The van der Waals surface area contributed by atoms with Crippen LogP contribution in [0.1, 0.15) is 54.4 Å². The zero-order valence-electron chi connectivity index (χ0n) is 19.8. The van der Waals surface area contributed by atoms with Crippen molar-refractivity contribution in [2.24, 2.45) is 11.1 Å². The summed E-state index contributed by atoms with van der Waals surface area (Å²) in [5, 5.41) is 13.8. The Morgan fingerprint density at radius 2 is 1.82 bits per heavy atom. The average molecular weight is 527 g/mol. The maximum absolute atomic E-state index is 12.9. The Morgan fingerprint density at radius 1 is 1.15 bits per heavy atom. The lowest BCUT2D eigenvalue weighted by Gasteiger charge is -2.33. The van der Waals surface area contributed by atoms with Crippen LogP contribution < -0.4 is 0 Å². The fraction of sp³-hybridized carbons (Fsp3) is 0.462. The summed E-state index contributed by atoms with van der Waals surface area (Å²) in [6.07, 6.45) is 3.72. The number of halogens is 3. The third-order valence-electron chi connectivity index (χ3n) is 6.62. The quantitative estimate of drug-likeness (QED) is 0.227. The number of carbonyl (C=O) groups excluding carboxylic acids is 1. The van der Waals surface area contributed by atoms with Crippen LogP contribution in [-0.2, 0) is 0 Å². The number of likely N-dealkylation sites (tertiary alicyclic amines) is 1. The minimum Gasteiger partial charge on any atom is -0.411 e. The highest BCUT2D eigenvalue weighted by Gasteiger charge is 2.25. The molecule has 1 aliphatic rings. The van der Waals surface area contributed by atoms with Crippen LogP contribution in [0.3, 0.4) is 0 Å². The number of carbonyl (C=O) groups is 1. The van der Waals surface area contributed by atoms with Gasteiger partial charge < -0.3 is 15.0 Å². The summed E-state index contributed by atoms with van der Waals surface area (Å²) < 4.78 is 0. The first-order valence-corrected chi connectivity index (χ1v) is 12.4. The van der Waals surface area contributed by atoms with Crippen molar-refractivity contribution in [1.82, 2.24) is 9.80 Å². The van der Waals surface area contributed by atoms with Crippen molar-refractivity contribution in [2.45, 2.75) is 38.5 Å². The van der Waals surface area contributed by atoms with Crippen LogP contribution in [0, 0.1) is 5.92 Å². The first-order chi connectivity index (χ1) is 15.9. The van der Waals surface area contributed by atoms with Gasteiger partial charge in [0.15, 0.2) is 0 Å². The van der Waals surface area contributed by atoms with Gasteiger partial charge in [-0.2, -0.15) is 0 Å². The highest BCUT2D eigenvalue weighted by atomic mass is 35.5.